The van der Waals surface area contributed by atoms with Gasteiger partial charge in [0.05, 0.1) is 0 Å². The second-order valence-electron chi connectivity index (χ2n) is 6.17. The van der Waals surface area contributed by atoms with Crippen molar-refractivity contribution in [2.24, 2.45) is 5.73 Å². The van der Waals surface area contributed by atoms with E-state index in [0.717, 1.165) is 6.42 Å². The number of carbonyl (C=O) groups is 1. The summed E-state index contributed by atoms with van der Waals surface area (Å²) in [5.74, 6) is -0.153. The molecule has 0 aromatic rings. The fourth-order valence-corrected chi connectivity index (χ4v) is 2.67. The van der Waals surface area contributed by atoms with Gasteiger partial charge in [-0.15, -0.1) is 11.6 Å². The van der Waals surface area contributed by atoms with Gasteiger partial charge in [0.2, 0.25) is 5.91 Å². The van der Waals surface area contributed by atoms with Crippen molar-refractivity contribution < 1.29 is 4.79 Å². The van der Waals surface area contributed by atoms with Crippen LogP contribution in [0, 0.1) is 0 Å². The molecule has 0 radical (unpaired) electrons. The zero-order valence-corrected chi connectivity index (χ0v) is 15.9. The Morgan fingerprint density at radius 3 is 1.18 bits per heavy atom. The van der Waals surface area contributed by atoms with Gasteiger partial charge in [0.25, 0.3) is 0 Å². The number of carbonyl (C=O) groups excluding carboxylic acids is 1. The molecule has 0 heterocycles. The minimum atomic E-state index is -0.153. The van der Waals surface area contributed by atoms with Crippen molar-refractivity contribution in [3.05, 3.63) is 0 Å². The summed E-state index contributed by atoms with van der Waals surface area (Å²) in [7, 11) is 0. The minimum Gasteiger partial charge on any atom is -0.370 e. The molecule has 0 unspecified atom stereocenters. The Kier molecular flexibility index (Phi) is 25.1. The molecule has 0 saturated carbocycles. The number of nitrogens with two attached hydrogens (primary N) is 1. The average molecular weight is 334 g/mol. The van der Waals surface area contributed by atoms with Crippen LogP contribution < -0.4 is 5.73 Å². The molecule has 0 aliphatic rings. The van der Waals surface area contributed by atoms with Crippen LogP contribution in [0.15, 0.2) is 0 Å². The SMILES string of the molecule is CCCCCCCCCCCCCCCCCC(N)=O.CCl. The number of rotatable bonds is 16. The van der Waals surface area contributed by atoms with Gasteiger partial charge >= 0.3 is 0 Å². The molecule has 2 nitrogen and oxygen atoms in total. The van der Waals surface area contributed by atoms with E-state index in [1.54, 1.807) is 0 Å². The third-order valence-corrected chi connectivity index (χ3v) is 4.03. The summed E-state index contributed by atoms with van der Waals surface area (Å²) in [6.45, 7) is 2.28. The number of hydrogen-bond donors (Lipinski definition) is 1. The van der Waals surface area contributed by atoms with E-state index in [1.165, 1.54) is 96.3 Å². The van der Waals surface area contributed by atoms with Crippen molar-refractivity contribution in [2.75, 3.05) is 6.38 Å². The van der Waals surface area contributed by atoms with Gasteiger partial charge in [0, 0.05) is 12.8 Å². The van der Waals surface area contributed by atoms with Crippen LogP contribution in [0.5, 0.6) is 0 Å². The van der Waals surface area contributed by atoms with Crippen LogP contribution in [-0.2, 0) is 4.79 Å². The largest absolute Gasteiger partial charge is 0.370 e. The molecule has 0 aliphatic heterocycles. The van der Waals surface area contributed by atoms with Gasteiger partial charge in [-0.25, -0.2) is 0 Å². The molecule has 22 heavy (non-hydrogen) atoms. The zero-order valence-electron chi connectivity index (χ0n) is 15.2. The number of amides is 1. The first-order valence-corrected chi connectivity index (χ1v) is 10.2. The van der Waals surface area contributed by atoms with Crippen LogP contribution in [0.4, 0.5) is 0 Å². The first kappa shape index (κ1) is 24.0. The summed E-state index contributed by atoms with van der Waals surface area (Å²) in [5.41, 5.74) is 5.11. The Hall–Kier alpha value is -0.240. The first-order valence-electron chi connectivity index (χ1n) is 9.43. The molecule has 0 saturated heterocycles. The van der Waals surface area contributed by atoms with Gasteiger partial charge in [-0.05, 0) is 6.42 Å². The Morgan fingerprint density at radius 2 is 0.909 bits per heavy atom. The van der Waals surface area contributed by atoms with E-state index in [2.05, 4.69) is 18.5 Å². The smallest absolute Gasteiger partial charge is 0.217 e. The van der Waals surface area contributed by atoms with E-state index >= 15 is 0 Å². The van der Waals surface area contributed by atoms with Gasteiger partial charge in [-0.1, -0.05) is 96.8 Å². The summed E-state index contributed by atoms with van der Waals surface area (Å²) in [4.78, 5) is 10.6. The molecule has 0 aromatic heterocycles. The summed E-state index contributed by atoms with van der Waals surface area (Å²) >= 11 is 4.64. The molecule has 0 bridgehead atoms. The summed E-state index contributed by atoms with van der Waals surface area (Å²) in [6.07, 6.45) is 22.4. The van der Waals surface area contributed by atoms with Crippen molar-refractivity contribution >= 4 is 17.5 Å². The lowest BCUT2D eigenvalue weighted by Crippen LogP contribution is -2.09. The molecule has 2 N–H and O–H groups in total. The maximum Gasteiger partial charge on any atom is 0.217 e. The van der Waals surface area contributed by atoms with Gasteiger partial charge < -0.3 is 5.73 Å². The monoisotopic (exact) mass is 333 g/mol. The van der Waals surface area contributed by atoms with E-state index in [-0.39, 0.29) is 5.91 Å². The predicted octanol–water partition coefficient (Wildman–Crippen LogP) is 6.59. The number of halogens is 1. The van der Waals surface area contributed by atoms with Crippen LogP contribution in [0.1, 0.15) is 110 Å². The normalized spacial score (nSPS) is 10.1. The van der Waals surface area contributed by atoms with Gasteiger partial charge in [-0.2, -0.15) is 0 Å². The number of unbranched alkanes of at least 4 members (excludes halogenated alkanes) is 14. The third-order valence-electron chi connectivity index (χ3n) is 4.03. The Morgan fingerprint density at radius 1 is 0.636 bits per heavy atom. The highest BCUT2D eigenvalue weighted by Gasteiger charge is 1.96. The van der Waals surface area contributed by atoms with Gasteiger partial charge in [0.15, 0.2) is 0 Å². The molecule has 0 atom stereocenters. The van der Waals surface area contributed by atoms with Gasteiger partial charge in [-0.3, -0.25) is 4.79 Å². The average Bonchev–Trinajstić information content (AvgIpc) is 2.53. The summed E-state index contributed by atoms with van der Waals surface area (Å²) in [5, 5.41) is 0. The second-order valence-corrected chi connectivity index (χ2v) is 6.17. The highest BCUT2D eigenvalue weighted by atomic mass is 35.5. The maximum atomic E-state index is 10.6. The highest BCUT2D eigenvalue weighted by Crippen LogP contribution is 2.13. The lowest BCUT2D eigenvalue weighted by molar-refractivity contribution is -0.118. The van der Waals surface area contributed by atoms with Crippen LogP contribution in [0.3, 0.4) is 0 Å². The molecule has 134 valence electrons. The third kappa shape index (κ3) is 24.8. The van der Waals surface area contributed by atoms with E-state index in [9.17, 15) is 4.79 Å². The van der Waals surface area contributed by atoms with Crippen molar-refractivity contribution in [1.29, 1.82) is 0 Å². The van der Waals surface area contributed by atoms with Gasteiger partial charge in [0.1, 0.15) is 0 Å². The molecule has 0 rings (SSSR count). The Balaban J connectivity index is 0. The fraction of sp³-hybridized carbons (Fsp3) is 0.947. The highest BCUT2D eigenvalue weighted by molar-refractivity contribution is 6.15. The molecule has 3 heteroatoms. The molecular weight excluding hydrogens is 294 g/mol. The lowest BCUT2D eigenvalue weighted by Gasteiger charge is -2.03. The fourth-order valence-electron chi connectivity index (χ4n) is 2.67. The van der Waals surface area contributed by atoms with Crippen molar-refractivity contribution in [2.45, 2.75) is 110 Å². The molecule has 0 aromatic carbocycles. The Labute approximate surface area is 144 Å². The van der Waals surface area contributed by atoms with Crippen LogP contribution in [-0.4, -0.2) is 12.3 Å². The molecule has 1 amide bonds. The van der Waals surface area contributed by atoms with E-state index in [4.69, 9.17) is 5.73 Å². The zero-order chi connectivity index (χ0) is 16.9. The van der Waals surface area contributed by atoms with Crippen LogP contribution in [0.25, 0.3) is 0 Å². The van der Waals surface area contributed by atoms with E-state index < -0.39 is 0 Å². The quantitative estimate of drug-likeness (QED) is 0.251. The van der Waals surface area contributed by atoms with Crippen molar-refractivity contribution in [1.82, 2.24) is 0 Å². The number of hydrogen-bond acceptors (Lipinski definition) is 1. The topological polar surface area (TPSA) is 43.1 Å². The molecule has 0 aliphatic carbocycles. The maximum absolute atomic E-state index is 10.6. The number of primary amides is 1. The summed E-state index contributed by atoms with van der Waals surface area (Å²) in [6, 6.07) is 0. The lowest BCUT2D eigenvalue weighted by atomic mass is 10.0. The summed E-state index contributed by atoms with van der Waals surface area (Å²) < 4.78 is 0. The second kappa shape index (κ2) is 23.0. The Bertz CT molecular complexity index is 210. The van der Waals surface area contributed by atoms with Crippen LogP contribution in [0.2, 0.25) is 0 Å². The molecule has 0 fully saturated rings. The molecule has 0 spiro atoms. The van der Waals surface area contributed by atoms with Crippen LogP contribution >= 0.6 is 11.6 Å². The van der Waals surface area contributed by atoms with E-state index in [1.807, 2.05) is 0 Å². The number of alkyl halides is 1. The van der Waals surface area contributed by atoms with Crippen molar-refractivity contribution in [3.63, 3.8) is 0 Å². The minimum absolute atomic E-state index is 0.153. The standard InChI is InChI=1S/C18H37NO.CH3Cl/c1-2-3-4-5-6-7-8-9-10-11-12-13-14-15-16-17-18(19)20;1-2/h2-17H2,1H3,(H2,19,20);1H3. The van der Waals surface area contributed by atoms with E-state index in [0.29, 0.717) is 6.42 Å². The first-order chi connectivity index (χ1) is 10.8. The molecular formula is C19H40ClNO. The van der Waals surface area contributed by atoms with Crippen molar-refractivity contribution in [3.8, 4) is 0 Å². The predicted molar refractivity (Wildman–Crippen MR) is 101 cm³/mol.